The van der Waals surface area contributed by atoms with E-state index in [1.165, 1.54) is 18.4 Å². The van der Waals surface area contributed by atoms with Gasteiger partial charge in [0.1, 0.15) is 0 Å². The van der Waals surface area contributed by atoms with E-state index in [1.54, 1.807) is 0 Å². The van der Waals surface area contributed by atoms with Gasteiger partial charge in [0.15, 0.2) is 0 Å². The van der Waals surface area contributed by atoms with Crippen molar-refractivity contribution in [3.63, 3.8) is 0 Å². The zero-order valence-electron chi connectivity index (χ0n) is 12.7. The molecule has 1 fully saturated rings. The highest BCUT2D eigenvalue weighted by Crippen LogP contribution is 2.29. The summed E-state index contributed by atoms with van der Waals surface area (Å²) >= 11 is 0. The molecule has 0 bridgehead atoms. The first-order chi connectivity index (χ1) is 10.3. The topological polar surface area (TPSA) is 20.3 Å². The molecular weight excluding hydrogens is 258 g/mol. The SMILES string of the molecule is O=C(C1CC=CCC1)N1CCCCC(c2ccccc2)C1. The number of rotatable bonds is 2. The van der Waals surface area contributed by atoms with Gasteiger partial charge < -0.3 is 4.90 Å². The third-order valence-corrected chi connectivity index (χ3v) is 4.87. The van der Waals surface area contributed by atoms with E-state index in [1.807, 2.05) is 0 Å². The molecule has 1 aromatic rings. The van der Waals surface area contributed by atoms with Crippen molar-refractivity contribution in [2.24, 2.45) is 5.92 Å². The molecule has 2 atom stereocenters. The number of nitrogens with zero attached hydrogens (tertiary/aromatic N) is 1. The summed E-state index contributed by atoms with van der Waals surface area (Å²) in [5, 5.41) is 0. The van der Waals surface area contributed by atoms with Crippen LogP contribution in [0.15, 0.2) is 42.5 Å². The maximum absolute atomic E-state index is 12.8. The van der Waals surface area contributed by atoms with Gasteiger partial charge in [0.05, 0.1) is 0 Å². The molecule has 0 spiro atoms. The average molecular weight is 283 g/mol. The van der Waals surface area contributed by atoms with Crippen LogP contribution in [0.2, 0.25) is 0 Å². The maximum atomic E-state index is 12.8. The minimum absolute atomic E-state index is 0.226. The Morgan fingerprint density at radius 3 is 2.67 bits per heavy atom. The molecule has 21 heavy (non-hydrogen) atoms. The fraction of sp³-hybridized carbons (Fsp3) is 0.526. The van der Waals surface area contributed by atoms with Crippen molar-refractivity contribution in [1.29, 1.82) is 0 Å². The molecule has 112 valence electrons. The number of allylic oxidation sites excluding steroid dienone is 2. The smallest absolute Gasteiger partial charge is 0.226 e. The highest BCUT2D eigenvalue weighted by atomic mass is 16.2. The molecule has 1 heterocycles. The summed E-state index contributed by atoms with van der Waals surface area (Å²) < 4.78 is 0. The lowest BCUT2D eigenvalue weighted by Gasteiger charge is -2.29. The Labute approximate surface area is 127 Å². The Morgan fingerprint density at radius 1 is 1.05 bits per heavy atom. The number of hydrogen-bond acceptors (Lipinski definition) is 1. The molecule has 1 amide bonds. The molecule has 0 aromatic heterocycles. The summed E-state index contributed by atoms with van der Waals surface area (Å²) in [6.45, 7) is 1.85. The van der Waals surface area contributed by atoms with Crippen LogP contribution in [0.1, 0.15) is 50.0 Å². The molecular formula is C19H25NO. The number of benzene rings is 1. The summed E-state index contributed by atoms with van der Waals surface area (Å²) in [5.41, 5.74) is 1.39. The Balaban J connectivity index is 1.70. The fourth-order valence-corrected chi connectivity index (χ4v) is 3.62. The van der Waals surface area contributed by atoms with Gasteiger partial charge >= 0.3 is 0 Å². The van der Waals surface area contributed by atoms with Gasteiger partial charge in [-0.1, -0.05) is 48.9 Å². The normalized spacial score (nSPS) is 26.4. The quantitative estimate of drug-likeness (QED) is 0.747. The second kappa shape index (κ2) is 6.93. The Morgan fingerprint density at radius 2 is 1.90 bits per heavy atom. The molecule has 0 saturated carbocycles. The van der Waals surface area contributed by atoms with E-state index in [0.29, 0.717) is 11.8 Å². The standard InChI is InChI=1S/C19H25NO/c21-19(17-11-5-2-6-12-17)20-14-8-7-13-18(15-20)16-9-3-1-4-10-16/h1-5,9-10,17-18H,6-8,11-15H2. The molecule has 0 N–H and O–H groups in total. The van der Waals surface area contributed by atoms with Crippen molar-refractivity contribution in [3.05, 3.63) is 48.0 Å². The molecule has 1 aromatic carbocycles. The first-order valence-corrected chi connectivity index (χ1v) is 8.33. The second-order valence-electron chi connectivity index (χ2n) is 6.37. The Hall–Kier alpha value is -1.57. The van der Waals surface area contributed by atoms with Crippen LogP contribution < -0.4 is 0 Å². The zero-order chi connectivity index (χ0) is 14.5. The van der Waals surface area contributed by atoms with Crippen LogP contribution in [0.3, 0.4) is 0 Å². The fourth-order valence-electron chi connectivity index (χ4n) is 3.62. The number of hydrogen-bond donors (Lipinski definition) is 0. The van der Waals surface area contributed by atoms with Gasteiger partial charge in [0, 0.05) is 24.9 Å². The van der Waals surface area contributed by atoms with Crippen molar-refractivity contribution < 1.29 is 4.79 Å². The molecule has 1 aliphatic carbocycles. The average Bonchev–Trinajstić information content (AvgIpc) is 2.82. The van der Waals surface area contributed by atoms with Gasteiger partial charge in [-0.2, -0.15) is 0 Å². The third kappa shape index (κ3) is 3.55. The molecule has 2 unspecified atom stereocenters. The lowest BCUT2D eigenvalue weighted by Crippen LogP contribution is -2.38. The Bertz CT molecular complexity index is 494. The van der Waals surface area contributed by atoms with Gasteiger partial charge in [0.25, 0.3) is 0 Å². The highest BCUT2D eigenvalue weighted by molar-refractivity contribution is 5.79. The minimum atomic E-state index is 0.226. The molecule has 1 aliphatic heterocycles. The minimum Gasteiger partial charge on any atom is -0.342 e. The Kier molecular flexibility index (Phi) is 4.74. The number of carbonyl (C=O) groups excluding carboxylic acids is 1. The lowest BCUT2D eigenvalue weighted by atomic mass is 9.91. The van der Waals surface area contributed by atoms with Crippen LogP contribution in [0.4, 0.5) is 0 Å². The van der Waals surface area contributed by atoms with Gasteiger partial charge in [-0.25, -0.2) is 0 Å². The molecule has 2 nitrogen and oxygen atoms in total. The predicted octanol–water partition coefficient (Wildman–Crippen LogP) is 4.14. The highest BCUT2D eigenvalue weighted by Gasteiger charge is 2.28. The predicted molar refractivity (Wildman–Crippen MR) is 86.1 cm³/mol. The van der Waals surface area contributed by atoms with Crippen molar-refractivity contribution in [3.8, 4) is 0 Å². The molecule has 1 saturated heterocycles. The maximum Gasteiger partial charge on any atom is 0.226 e. The lowest BCUT2D eigenvalue weighted by molar-refractivity contribution is -0.135. The molecule has 2 aliphatic rings. The number of likely N-dealkylation sites (tertiary alicyclic amines) is 1. The van der Waals surface area contributed by atoms with E-state index in [-0.39, 0.29) is 5.92 Å². The number of carbonyl (C=O) groups is 1. The van der Waals surface area contributed by atoms with Crippen LogP contribution in [0.5, 0.6) is 0 Å². The van der Waals surface area contributed by atoms with Crippen LogP contribution in [0.25, 0.3) is 0 Å². The van der Waals surface area contributed by atoms with Crippen molar-refractivity contribution >= 4 is 5.91 Å². The van der Waals surface area contributed by atoms with E-state index in [0.717, 1.165) is 38.8 Å². The molecule has 3 rings (SSSR count). The van der Waals surface area contributed by atoms with Gasteiger partial charge in [-0.3, -0.25) is 4.79 Å². The van der Waals surface area contributed by atoms with E-state index in [9.17, 15) is 4.79 Å². The van der Waals surface area contributed by atoms with Gasteiger partial charge in [-0.15, -0.1) is 0 Å². The van der Waals surface area contributed by atoms with E-state index in [4.69, 9.17) is 0 Å². The van der Waals surface area contributed by atoms with Crippen molar-refractivity contribution in [2.75, 3.05) is 13.1 Å². The molecule has 0 radical (unpaired) electrons. The van der Waals surface area contributed by atoms with Crippen LogP contribution >= 0.6 is 0 Å². The third-order valence-electron chi connectivity index (χ3n) is 4.87. The van der Waals surface area contributed by atoms with Crippen LogP contribution in [0, 0.1) is 5.92 Å². The van der Waals surface area contributed by atoms with Crippen LogP contribution in [-0.4, -0.2) is 23.9 Å². The summed E-state index contributed by atoms with van der Waals surface area (Å²) in [6.07, 6.45) is 11.0. The van der Waals surface area contributed by atoms with Gasteiger partial charge in [0.2, 0.25) is 5.91 Å². The van der Waals surface area contributed by atoms with E-state index >= 15 is 0 Å². The van der Waals surface area contributed by atoms with E-state index < -0.39 is 0 Å². The second-order valence-corrected chi connectivity index (χ2v) is 6.37. The largest absolute Gasteiger partial charge is 0.342 e. The molecule has 2 heteroatoms. The van der Waals surface area contributed by atoms with Crippen molar-refractivity contribution in [2.45, 2.75) is 44.4 Å². The number of amides is 1. The first kappa shape index (κ1) is 14.4. The van der Waals surface area contributed by atoms with Crippen molar-refractivity contribution in [1.82, 2.24) is 4.90 Å². The summed E-state index contributed by atoms with van der Waals surface area (Å²) in [6, 6.07) is 10.7. The van der Waals surface area contributed by atoms with Crippen LogP contribution in [-0.2, 0) is 4.79 Å². The van der Waals surface area contributed by atoms with E-state index in [2.05, 4.69) is 47.4 Å². The monoisotopic (exact) mass is 283 g/mol. The van der Waals surface area contributed by atoms with Gasteiger partial charge in [-0.05, 0) is 37.7 Å². The summed E-state index contributed by atoms with van der Waals surface area (Å²) in [7, 11) is 0. The first-order valence-electron chi connectivity index (χ1n) is 8.33. The zero-order valence-corrected chi connectivity index (χ0v) is 12.7. The summed E-state index contributed by atoms with van der Waals surface area (Å²) in [5.74, 6) is 1.13. The summed E-state index contributed by atoms with van der Waals surface area (Å²) in [4.78, 5) is 14.9.